The van der Waals surface area contributed by atoms with Crippen molar-refractivity contribution in [3.63, 3.8) is 0 Å². The molecule has 0 aliphatic heterocycles. The summed E-state index contributed by atoms with van der Waals surface area (Å²) in [4.78, 5) is 13.3. The first-order valence-electron chi connectivity index (χ1n) is 12.4. The Bertz CT molecular complexity index is 1770. The van der Waals surface area contributed by atoms with E-state index in [1.54, 1.807) is 0 Å². The largest absolute Gasteiger partial charge is 3.00 e. The van der Waals surface area contributed by atoms with Crippen molar-refractivity contribution in [3.05, 3.63) is 108 Å². The van der Waals surface area contributed by atoms with E-state index in [1.807, 2.05) is 4.98 Å². The van der Waals surface area contributed by atoms with E-state index in [1.165, 1.54) is 60.7 Å². The molecule has 0 atom stereocenters. The molecule has 4 aromatic heterocycles. The number of alkyl halides is 6. The Labute approximate surface area is 271 Å². The first kappa shape index (κ1) is 34.6. The number of nitrogens with one attached hydrogen (secondary N) is 1. The second-order valence-corrected chi connectivity index (χ2v) is 8.65. The molecule has 6 rings (SSSR count). The smallest absolute Gasteiger partial charge is 0.466 e. The van der Waals surface area contributed by atoms with Crippen molar-refractivity contribution in [1.29, 1.82) is 0 Å². The quantitative estimate of drug-likeness (QED) is 0.142. The van der Waals surface area contributed by atoms with E-state index in [4.69, 9.17) is 9.47 Å². The van der Waals surface area contributed by atoms with Crippen LogP contribution in [0.3, 0.4) is 0 Å². The van der Waals surface area contributed by atoms with Gasteiger partial charge in [0.15, 0.2) is 5.82 Å². The molecule has 4 heterocycles. The van der Waals surface area contributed by atoms with Crippen molar-refractivity contribution in [3.8, 4) is 46.3 Å². The van der Waals surface area contributed by atoms with E-state index in [2.05, 4.69) is 47.5 Å². The summed E-state index contributed by atoms with van der Waals surface area (Å²) >= 11 is 0. The van der Waals surface area contributed by atoms with E-state index in [0.717, 1.165) is 12.1 Å². The minimum absolute atomic E-state index is 0. The van der Waals surface area contributed by atoms with Gasteiger partial charge in [-0.25, -0.2) is 9.97 Å². The third-order valence-corrected chi connectivity index (χ3v) is 5.30. The van der Waals surface area contributed by atoms with Crippen molar-refractivity contribution in [2.45, 2.75) is 12.4 Å². The molecule has 0 spiro atoms. The summed E-state index contributed by atoms with van der Waals surface area (Å²) in [6, 6.07) is 21.2. The van der Waals surface area contributed by atoms with Gasteiger partial charge in [-0.3, -0.25) is 13.9 Å². The number of aromatic nitrogens is 8. The first-order valence-corrected chi connectivity index (χ1v) is 12.4. The average Bonchev–Trinajstić information content (AvgIpc) is 3.72. The Balaban J connectivity index is 0.000000208. The van der Waals surface area contributed by atoms with Crippen LogP contribution in [0.5, 0.6) is 23.3 Å². The molecule has 1 N–H and O–H groups in total. The summed E-state index contributed by atoms with van der Waals surface area (Å²) in [5.74, 6) is -3.34. The fourth-order valence-electron chi connectivity index (χ4n) is 3.31. The molecular weight excluding hydrogens is 825 g/mol. The SMILES string of the molecule is Fc1c[c-]c(Oc2cccc(-c3nc(C(F)(F)F)n[n-]3)n2)cc1.Fc1c[c-]c(Oc2cccc(-c3nnc(C(F)(F)F)[nH]3)n2)cc1.[Ir+3]. The third kappa shape index (κ3) is 9.36. The van der Waals surface area contributed by atoms with E-state index < -0.39 is 35.6 Å². The topological polar surface area (TPSA) is 126 Å². The van der Waals surface area contributed by atoms with Crippen LogP contribution in [-0.4, -0.2) is 35.2 Å². The number of hydrogen-bond donors (Lipinski definition) is 1. The molecular formula is C28H13F8IrN8O2. The van der Waals surface area contributed by atoms with Gasteiger partial charge in [-0.15, -0.1) is 58.7 Å². The summed E-state index contributed by atoms with van der Waals surface area (Å²) < 4.78 is 111. The van der Waals surface area contributed by atoms with E-state index >= 15 is 0 Å². The first-order chi connectivity index (χ1) is 21.8. The Morgan fingerprint density at radius 3 is 1.68 bits per heavy atom. The number of aromatic amines is 1. The molecule has 242 valence electrons. The molecule has 0 radical (unpaired) electrons. The molecule has 0 amide bonds. The zero-order valence-corrected chi connectivity index (χ0v) is 25.1. The molecule has 0 fully saturated rings. The summed E-state index contributed by atoms with van der Waals surface area (Å²) in [6.45, 7) is 0. The molecule has 0 bridgehead atoms. The van der Waals surface area contributed by atoms with Gasteiger partial charge in [-0.2, -0.15) is 26.3 Å². The maximum atomic E-state index is 12.8. The Hall–Kier alpha value is -5.29. The molecule has 0 aliphatic carbocycles. The molecule has 0 saturated heterocycles. The third-order valence-electron chi connectivity index (χ3n) is 5.30. The Morgan fingerprint density at radius 2 is 1.21 bits per heavy atom. The predicted octanol–water partition coefficient (Wildman–Crippen LogP) is 6.86. The summed E-state index contributed by atoms with van der Waals surface area (Å²) in [6.07, 6.45) is -9.30. The number of hydrogen-bond acceptors (Lipinski definition) is 8. The van der Waals surface area contributed by atoms with Gasteiger partial charge in [0.2, 0.25) is 17.6 Å². The predicted molar refractivity (Wildman–Crippen MR) is 139 cm³/mol. The van der Waals surface area contributed by atoms with Crippen molar-refractivity contribution in [2.75, 3.05) is 0 Å². The zero-order valence-electron chi connectivity index (χ0n) is 22.7. The minimum atomic E-state index is -4.68. The maximum Gasteiger partial charge on any atom is 3.00 e. The van der Waals surface area contributed by atoms with E-state index in [0.29, 0.717) is 0 Å². The van der Waals surface area contributed by atoms with Crippen molar-refractivity contribution in [1.82, 2.24) is 40.3 Å². The molecule has 0 aliphatic rings. The molecule has 2 aromatic carbocycles. The van der Waals surface area contributed by atoms with Gasteiger partial charge in [0, 0.05) is 35.3 Å². The number of H-pyrrole nitrogens is 1. The van der Waals surface area contributed by atoms with E-state index in [-0.39, 0.29) is 66.4 Å². The van der Waals surface area contributed by atoms with Gasteiger partial charge < -0.3 is 24.5 Å². The van der Waals surface area contributed by atoms with Gasteiger partial charge in [0.05, 0.1) is 5.69 Å². The van der Waals surface area contributed by atoms with Gasteiger partial charge >= 0.3 is 32.5 Å². The van der Waals surface area contributed by atoms with Crippen LogP contribution in [0.25, 0.3) is 23.0 Å². The van der Waals surface area contributed by atoms with Crippen LogP contribution in [-0.2, 0) is 32.5 Å². The average molecular weight is 838 g/mol. The molecule has 10 nitrogen and oxygen atoms in total. The van der Waals surface area contributed by atoms with Crippen LogP contribution in [0.2, 0.25) is 0 Å². The van der Waals surface area contributed by atoms with Gasteiger partial charge in [-0.1, -0.05) is 12.1 Å². The normalized spacial score (nSPS) is 11.2. The van der Waals surface area contributed by atoms with Gasteiger partial charge in [0.25, 0.3) is 0 Å². The molecule has 19 heteroatoms. The van der Waals surface area contributed by atoms with Crippen molar-refractivity contribution in [2.24, 2.45) is 0 Å². The zero-order chi connectivity index (χ0) is 32.9. The van der Waals surface area contributed by atoms with Crippen LogP contribution in [0.4, 0.5) is 35.1 Å². The minimum Gasteiger partial charge on any atom is -0.466 e. The fourth-order valence-corrected chi connectivity index (χ4v) is 3.31. The van der Waals surface area contributed by atoms with Gasteiger partial charge in [0.1, 0.15) is 11.5 Å². The number of halogens is 8. The van der Waals surface area contributed by atoms with Crippen molar-refractivity contribution >= 4 is 0 Å². The van der Waals surface area contributed by atoms with Gasteiger partial charge in [-0.05, 0) is 18.0 Å². The molecule has 0 unspecified atom stereocenters. The van der Waals surface area contributed by atoms with Crippen LogP contribution in [0.1, 0.15) is 11.6 Å². The maximum absolute atomic E-state index is 12.8. The molecule has 6 aromatic rings. The standard InChI is InChI=1S/C14H7F4N4O.C14H6F4N4O.Ir/c2*15-8-4-6-9(7-5-8)23-11-3-1-2-10(19-11)12-20-13(22-21-12)14(16,17)18;/h1-6H,(H,20,21,22);1-6H;/q-1;-2;+3. The van der Waals surface area contributed by atoms with E-state index in [9.17, 15) is 35.1 Å². The second kappa shape index (κ2) is 14.4. The summed E-state index contributed by atoms with van der Waals surface area (Å²) in [5.41, 5.74) is 0.181. The van der Waals surface area contributed by atoms with Crippen LogP contribution < -0.4 is 14.6 Å². The fraction of sp³-hybridized carbons (Fsp3) is 0.0714. The van der Waals surface area contributed by atoms with Crippen molar-refractivity contribution < 1.29 is 64.7 Å². The number of pyridine rings is 2. The molecule has 47 heavy (non-hydrogen) atoms. The number of nitrogens with zero attached hydrogens (tertiary/aromatic N) is 7. The van der Waals surface area contributed by atoms with Crippen LogP contribution >= 0.6 is 0 Å². The number of rotatable bonds is 6. The molecule has 0 saturated carbocycles. The second-order valence-electron chi connectivity index (χ2n) is 8.65. The summed E-state index contributed by atoms with van der Waals surface area (Å²) in [7, 11) is 0. The Kier molecular flexibility index (Phi) is 10.6. The van der Waals surface area contributed by atoms with Crippen LogP contribution in [0.15, 0.2) is 72.8 Å². The Morgan fingerprint density at radius 1 is 0.660 bits per heavy atom. The van der Waals surface area contributed by atoms with Crippen LogP contribution in [0, 0.1) is 23.8 Å². The number of benzene rings is 2. The number of ether oxygens (including phenoxy) is 2. The summed E-state index contributed by atoms with van der Waals surface area (Å²) in [5, 5.41) is 12.8. The monoisotopic (exact) mass is 838 g/mol.